The summed E-state index contributed by atoms with van der Waals surface area (Å²) in [6.07, 6.45) is 0. The predicted octanol–water partition coefficient (Wildman–Crippen LogP) is 3.11. The highest BCUT2D eigenvalue weighted by Gasteiger charge is 2.18. The Hall–Kier alpha value is -2.66. The summed E-state index contributed by atoms with van der Waals surface area (Å²) in [5.74, 6) is -1.66. The molecular formula is C21H26N2O3. The molecule has 2 aromatic rings. The molecule has 0 aliphatic carbocycles. The Morgan fingerprint density at radius 2 is 1.58 bits per heavy atom. The van der Waals surface area contributed by atoms with Gasteiger partial charge in [0.25, 0.3) is 5.91 Å². The van der Waals surface area contributed by atoms with Crippen molar-refractivity contribution >= 4 is 11.9 Å². The number of hydrogen-bond donors (Lipinski definition) is 1. The summed E-state index contributed by atoms with van der Waals surface area (Å²) in [7, 11) is 3.68. The maximum atomic E-state index is 12.6. The number of carboxylic acids is 1. The number of carboxylic acid groups (broad SMARTS) is 1. The van der Waals surface area contributed by atoms with Crippen molar-refractivity contribution in [3.8, 4) is 0 Å². The van der Waals surface area contributed by atoms with Crippen LogP contribution < -0.4 is 0 Å². The van der Waals surface area contributed by atoms with E-state index in [1.54, 1.807) is 20.0 Å². The molecule has 0 bridgehead atoms. The molecule has 5 nitrogen and oxygen atoms in total. The van der Waals surface area contributed by atoms with Gasteiger partial charge in [-0.1, -0.05) is 49.4 Å². The molecule has 0 saturated carbocycles. The monoisotopic (exact) mass is 354 g/mol. The average molecular weight is 354 g/mol. The second-order valence-corrected chi connectivity index (χ2v) is 6.78. The third kappa shape index (κ3) is 5.70. The van der Waals surface area contributed by atoms with Crippen LogP contribution in [0.3, 0.4) is 0 Å². The van der Waals surface area contributed by atoms with Crippen molar-refractivity contribution in [3.63, 3.8) is 0 Å². The van der Waals surface area contributed by atoms with Crippen LogP contribution in [-0.4, -0.2) is 47.4 Å². The Morgan fingerprint density at radius 1 is 0.962 bits per heavy atom. The van der Waals surface area contributed by atoms with Crippen molar-refractivity contribution in [3.05, 3.63) is 71.3 Å². The van der Waals surface area contributed by atoms with Gasteiger partial charge in [-0.15, -0.1) is 0 Å². The van der Waals surface area contributed by atoms with Crippen LogP contribution in [0.2, 0.25) is 0 Å². The van der Waals surface area contributed by atoms with Crippen molar-refractivity contribution in [2.24, 2.45) is 5.92 Å². The molecule has 26 heavy (non-hydrogen) atoms. The molecule has 138 valence electrons. The molecule has 0 spiro atoms. The van der Waals surface area contributed by atoms with E-state index in [9.17, 15) is 9.59 Å². The molecule has 0 heterocycles. The molecule has 0 radical (unpaired) electrons. The number of amides is 1. The Labute approximate surface area is 154 Å². The molecule has 2 rings (SSSR count). The lowest BCUT2D eigenvalue weighted by Gasteiger charge is -2.20. The first-order valence-corrected chi connectivity index (χ1v) is 8.66. The Bertz CT molecular complexity index is 746. The second kappa shape index (κ2) is 9.15. The molecule has 0 aliphatic heterocycles. The zero-order valence-electron chi connectivity index (χ0n) is 15.6. The average Bonchev–Trinajstić information content (AvgIpc) is 2.61. The van der Waals surface area contributed by atoms with Crippen LogP contribution in [0.1, 0.15) is 28.4 Å². The first-order valence-electron chi connectivity index (χ1n) is 8.66. The smallest absolute Gasteiger partial charge is 0.308 e. The van der Waals surface area contributed by atoms with Crippen LogP contribution in [0.4, 0.5) is 0 Å². The van der Waals surface area contributed by atoms with Gasteiger partial charge in [0.2, 0.25) is 0 Å². The van der Waals surface area contributed by atoms with Gasteiger partial charge in [0.1, 0.15) is 0 Å². The minimum absolute atomic E-state index is 0.161. The largest absolute Gasteiger partial charge is 0.481 e. The van der Waals surface area contributed by atoms with Crippen molar-refractivity contribution in [2.45, 2.75) is 20.0 Å². The van der Waals surface area contributed by atoms with Gasteiger partial charge in [0.05, 0.1) is 5.92 Å². The Morgan fingerprint density at radius 3 is 2.23 bits per heavy atom. The fourth-order valence-electron chi connectivity index (χ4n) is 2.86. The molecule has 5 heteroatoms. The van der Waals surface area contributed by atoms with E-state index in [1.165, 1.54) is 10.5 Å². The van der Waals surface area contributed by atoms with Gasteiger partial charge in [-0.3, -0.25) is 14.5 Å². The second-order valence-electron chi connectivity index (χ2n) is 6.78. The number of aliphatic carboxylic acids is 1. The molecule has 1 atom stereocenters. The number of carbonyl (C=O) groups is 2. The van der Waals surface area contributed by atoms with Crippen molar-refractivity contribution in [2.75, 3.05) is 20.6 Å². The highest BCUT2D eigenvalue weighted by atomic mass is 16.4. The number of nitrogens with zero attached hydrogens (tertiary/aromatic N) is 2. The van der Waals surface area contributed by atoms with Gasteiger partial charge in [-0.2, -0.15) is 0 Å². The lowest BCUT2D eigenvalue weighted by atomic mass is 10.1. The van der Waals surface area contributed by atoms with Crippen LogP contribution in [-0.2, 0) is 17.9 Å². The summed E-state index contributed by atoms with van der Waals surface area (Å²) >= 11 is 0. The number of hydrogen-bond acceptors (Lipinski definition) is 3. The van der Waals surface area contributed by atoms with E-state index < -0.39 is 11.9 Å². The van der Waals surface area contributed by atoms with Crippen LogP contribution in [0, 0.1) is 5.92 Å². The third-order valence-corrected chi connectivity index (χ3v) is 4.24. The van der Waals surface area contributed by atoms with Gasteiger partial charge in [-0.25, -0.2) is 0 Å². The quantitative estimate of drug-likeness (QED) is 0.791. The van der Waals surface area contributed by atoms with E-state index in [4.69, 9.17) is 5.11 Å². The highest BCUT2D eigenvalue weighted by molar-refractivity contribution is 5.94. The fraction of sp³-hybridized carbons (Fsp3) is 0.333. The van der Waals surface area contributed by atoms with E-state index in [0.717, 1.165) is 18.7 Å². The molecular weight excluding hydrogens is 328 g/mol. The fourth-order valence-corrected chi connectivity index (χ4v) is 2.86. The summed E-state index contributed by atoms with van der Waals surface area (Å²) in [5, 5.41) is 9.00. The summed E-state index contributed by atoms with van der Waals surface area (Å²) in [6, 6.07) is 17.7. The van der Waals surface area contributed by atoms with Crippen molar-refractivity contribution in [1.82, 2.24) is 9.80 Å². The zero-order chi connectivity index (χ0) is 19.1. The standard InChI is InChI=1S/C21H26N2O3/c1-16(21(25)26)13-23(3)20(24)19-11-7-10-18(12-19)15-22(2)14-17-8-5-4-6-9-17/h4-12,16H,13-15H2,1-3H3,(H,25,26). The first kappa shape index (κ1) is 19.7. The molecule has 1 amide bonds. The predicted molar refractivity (Wildman–Crippen MR) is 102 cm³/mol. The van der Waals surface area contributed by atoms with Gasteiger partial charge in [0.15, 0.2) is 0 Å². The number of rotatable bonds is 8. The van der Waals surface area contributed by atoms with Gasteiger partial charge in [-0.05, 0) is 30.3 Å². The van der Waals surface area contributed by atoms with Crippen molar-refractivity contribution in [1.29, 1.82) is 0 Å². The molecule has 2 aromatic carbocycles. The normalized spacial score (nSPS) is 12.0. The minimum Gasteiger partial charge on any atom is -0.481 e. The first-order chi connectivity index (χ1) is 12.4. The topological polar surface area (TPSA) is 60.9 Å². The van der Waals surface area contributed by atoms with Crippen LogP contribution in [0.25, 0.3) is 0 Å². The Kier molecular flexibility index (Phi) is 6.92. The van der Waals surface area contributed by atoms with Gasteiger partial charge >= 0.3 is 5.97 Å². The van der Waals surface area contributed by atoms with Gasteiger partial charge < -0.3 is 10.0 Å². The summed E-state index contributed by atoms with van der Waals surface area (Å²) < 4.78 is 0. The van der Waals surface area contributed by atoms with E-state index in [1.807, 2.05) is 43.4 Å². The van der Waals surface area contributed by atoms with Gasteiger partial charge in [0, 0.05) is 32.2 Å². The summed E-state index contributed by atoms with van der Waals surface area (Å²) in [5.41, 5.74) is 2.87. The van der Waals surface area contributed by atoms with Crippen molar-refractivity contribution < 1.29 is 14.7 Å². The molecule has 0 aromatic heterocycles. The molecule has 0 aliphatic rings. The Balaban J connectivity index is 2.00. The van der Waals surface area contributed by atoms with Crippen LogP contribution in [0.15, 0.2) is 54.6 Å². The minimum atomic E-state index is -0.902. The summed E-state index contributed by atoms with van der Waals surface area (Å²) in [6.45, 7) is 3.34. The maximum Gasteiger partial charge on any atom is 0.308 e. The number of carbonyl (C=O) groups excluding carboxylic acids is 1. The molecule has 0 saturated heterocycles. The van der Waals surface area contributed by atoms with Crippen LogP contribution >= 0.6 is 0 Å². The molecule has 1 unspecified atom stereocenters. The van der Waals surface area contributed by atoms with E-state index in [-0.39, 0.29) is 12.5 Å². The molecule has 1 N–H and O–H groups in total. The van der Waals surface area contributed by atoms with Crippen LogP contribution in [0.5, 0.6) is 0 Å². The van der Waals surface area contributed by atoms with E-state index in [0.29, 0.717) is 5.56 Å². The SMILES string of the molecule is CC(CN(C)C(=O)c1cccc(CN(C)Cc2ccccc2)c1)C(=O)O. The van der Waals surface area contributed by atoms with E-state index >= 15 is 0 Å². The zero-order valence-corrected chi connectivity index (χ0v) is 15.6. The third-order valence-electron chi connectivity index (χ3n) is 4.24. The number of benzene rings is 2. The lowest BCUT2D eigenvalue weighted by Crippen LogP contribution is -2.33. The highest BCUT2D eigenvalue weighted by Crippen LogP contribution is 2.12. The molecule has 0 fully saturated rings. The summed E-state index contributed by atoms with van der Waals surface area (Å²) in [4.78, 5) is 27.2. The van der Waals surface area contributed by atoms with E-state index in [2.05, 4.69) is 17.0 Å². The maximum absolute atomic E-state index is 12.6. The lowest BCUT2D eigenvalue weighted by molar-refractivity contribution is -0.141.